The first-order chi connectivity index (χ1) is 12.9. The van der Waals surface area contributed by atoms with Gasteiger partial charge in [-0.1, -0.05) is 6.07 Å². The Morgan fingerprint density at radius 2 is 1.93 bits per heavy atom. The Labute approximate surface area is 158 Å². The molecule has 0 saturated heterocycles. The molecule has 0 heterocycles. The van der Waals surface area contributed by atoms with Gasteiger partial charge in [0.05, 0.1) is 11.1 Å². The van der Waals surface area contributed by atoms with Crippen LogP contribution in [0.2, 0.25) is 0 Å². The highest BCUT2D eigenvalue weighted by Gasteiger charge is 2.15. The maximum absolute atomic E-state index is 14.2. The average molecular weight is 372 g/mol. The number of carbonyl (C=O) groups is 2. The van der Waals surface area contributed by atoms with E-state index >= 15 is 0 Å². The highest BCUT2D eigenvalue weighted by atomic mass is 19.1. The Hall–Kier alpha value is -2.73. The van der Waals surface area contributed by atoms with Gasteiger partial charge >= 0.3 is 0 Å². The third-order valence-electron chi connectivity index (χ3n) is 4.60. The normalized spacial score (nSPS) is 10.6. The van der Waals surface area contributed by atoms with E-state index in [0.29, 0.717) is 30.9 Å². The minimum absolute atomic E-state index is 0.0102. The third-order valence-corrected chi connectivity index (χ3v) is 4.60. The summed E-state index contributed by atoms with van der Waals surface area (Å²) < 4.78 is 20.0. The molecule has 0 atom stereocenters. The number of halogens is 1. The predicted molar refractivity (Wildman–Crippen MR) is 103 cm³/mol. The van der Waals surface area contributed by atoms with Crippen LogP contribution in [0, 0.1) is 19.7 Å². The van der Waals surface area contributed by atoms with Crippen LogP contribution < -0.4 is 15.4 Å². The van der Waals surface area contributed by atoms with Crippen LogP contribution in [0.4, 0.5) is 4.39 Å². The lowest BCUT2D eigenvalue weighted by atomic mass is 9.93. The molecule has 2 rings (SSSR count). The van der Waals surface area contributed by atoms with Crippen molar-refractivity contribution in [3.63, 3.8) is 0 Å². The van der Waals surface area contributed by atoms with Crippen LogP contribution in [0.15, 0.2) is 24.3 Å². The van der Waals surface area contributed by atoms with Crippen molar-refractivity contribution in [2.45, 2.75) is 20.3 Å². The number of nitrogens with one attached hydrogen (secondary N) is 2. The van der Waals surface area contributed by atoms with Crippen LogP contribution in [0.5, 0.6) is 5.75 Å². The Bertz CT molecular complexity index is 850. The van der Waals surface area contributed by atoms with Crippen molar-refractivity contribution in [2.24, 2.45) is 0 Å². The quantitative estimate of drug-likeness (QED) is 0.552. The van der Waals surface area contributed by atoms with Crippen LogP contribution >= 0.6 is 0 Å². The fourth-order valence-corrected chi connectivity index (χ4v) is 2.91. The third kappa shape index (κ3) is 4.71. The SMILES string of the molecule is CNCCOc1c(C=O)cc(Cc2ccc(C(=O)NC)c(F)c2)c(C)c1C. The first-order valence-corrected chi connectivity index (χ1v) is 8.79. The number of aldehydes is 1. The van der Waals surface area contributed by atoms with E-state index in [-0.39, 0.29) is 5.56 Å². The molecule has 0 aliphatic heterocycles. The molecule has 0 bridgehead atoms. The van der Waals surface area contributed by atoms with Crippen LogP contribution in [0.25, 0.3) is 0 Å². The van der Waals surface area contributed by atoms with Gasteiger partial charge in [0, 0.05) is 13.6 Å². The van der Waals surface area contributed by atoms with E-state index < -0.39 is 11.7 Å². The minimum atomic E-state index is -0.566. The molecule has 0 aromatic heterocycles. The summed E-state index contributed by atoms with van der Waals surface area (Å²) in [5.41, 5.74) is 4.03. The molecule has 1 amide bonds. The maximum atomic E-state index is 14.2. The van der Waals surface area contributed by atoms with E-state index in [2.05, 4.69) is 10.6 Å². The van der Waals surface area contributed by atoms with Crippen molar-refractivity contribution in [2.75, 3.05) is 27.2 Å². The first-order valence-electron chi connectivity index (χ1n) is 8.79. The first kappa shape index (κ1) is 20.6. The number of hydrogen-bond donors (Lipinski definition) is 2. The average Bonchev–Trinajstić information content (AvgIpc) is 2.66. The van der Waals surface area contributed by atoms with Gasteiger partial charge in [-0.3, -0.25) is 9.59 Å². The number of amides is 1. The summed E-state index contributed by atoms with van der Waals surface area (Å²) in [7, 11) is 3.29. The van der Waals surface area contributed by atoms with Crippen LogP contribution in [-0.2, 0) is 6.42 Å². The van der Waals surface area contributed by atoms with Crippen molar-refractivity contribution in [1.29, 1.82) is 0 Å². The van der Waals surface area contributed by atoms with Gasteiger partial charge < -0.3 is 15.4 Å². The summed E-state index contributed by atoms with van der Waals surface area (Å²) >= 11 is 0. The van der Waals surface area contributed by atoms with Gasteiger partial charge in [-0.2, -0.15) is 0 Å². The number of carbonyl (C=O) groups excluding carboxylic acids is 2. The van der Waals surface area contributed by atoms with E-state index in [1.807, 2.05) is 20.9 Å². The molecule has 0 fully saturated rings. The van der Waals surface area contributed by atoms with Crippen molar-refractivity contribution in [3.05, 3.63) is 63.5 Å². The summed E-state index contributed by atoms with van der Waals surface area (Å²) in [6.45, 7) is 5.01. The Kier molecular flexibility index (Phi) is 7.07. The molecular weight excluding hydrogens is 347 g/mol. The van der Waals surface area contributed by atoms with Gasteiger partial charge in [-0.05, 0) is 67.8 Å². The molecule has 0 spiro atoms. The number of benzene rings is 2. The summed E-state index contributed by atoms with van der Waals surface area (Å²) in [5.74, 6) is -0.441. The molecule has 2 aromatic carbocycles. The van der Waals surface area contributed by atoms with Crippen molar-refractivity contribution in [3.8, 4) is 5.75 Å². The zero-order valence-electron chi connectivity index (χ0n) is 16.1. The molecule has 0 radical (unpaired) electrons. The Morgan fingerprint density at radius 1 is 1.19 bits per heavy atom. The zero-order valence-corrected chi connectivity index (χ0v) is 16.1. The van der Waals surface area contributed by atoms with Crippen molar-refractivity contribution in [1.82, 2.24) is 10.6 Å². The van der Waals surface area contributed by atoms with Crippen molar-refractivity contribution >= 4 is 12.2 Å². The second kappa shape index (κ2) is 9.28. The van der Waals surface area contributed by atoms with E-state index in [4.69, 9.17) is 4.74 Å². The smallest absolute Gasteiger partial charge is 0.253 e. The van der Waals surface area contributed by atoms with E-state index in [1.165, 1.54) is 19.2 Å². The second-order valence-electron chi connectivity index (χ2n) is 6.34. The standard InChI is InChI=1S/C21H25FN2O3/c1-13-14(2)20(27-8-7-23-3)17(12-25)11-16(13)9-15-5-6-18(19(22)10-15)21(26)24-4/h5-6,10-12,23H,7-9H2,1-4H3,(H,24,26). The summed E-state index contributed by atoms with van der Waals surface area (Å²) in [5, 5.41) is 5.41. The fourth-order valence-electron chi connectivity index (χ4n) is 2.91. The lowest BCUT2D eigenvalue weighted by Gasteiger charge is -2.17. The van der Waals surface area contributed by atoms with Gasteiger partial charge in [0.2, 0.25) is 0 Å². The molecule has 27 heavy (non-hydrogen) atoms. The molecule has 0 aliphatic rings. The molecule has 5 nitrogen and oxygen atoms in total. The maximum Gasteiger partial charge on any atom is 0.253 e. The second-order valence-corrected chi connectivity index (χ2v) is 6.34. The monoisotopic (exact) mass is 372 g/mol. The fraction of sp³-hybridized carbons (Fsp3) is 0.333. The zero-order chi connectivity index (χ0) is 20.0. The van der Waals surface area contributed by atoms with Gasteiger partial charge in [0.1, 0.15) is 18.2 Å². The van der Waals surface area contributed by atoms with Crippen LogP contribution in [0.3, 0.4) is 0 Å². The summed E-state index contributed by atoms with van der Waals surface area (Å²) in [6.07, 6.45) is 1.23. The molecule has 0 saturated carbocycles. The Morgan fingerprint density at radius 3 is 2.52 bits per heavy atom. The highest BCUT2D eigenvalue weighted by molar-refractivity contribution is 5.94. The predicted octanol–water partition coefficient (Wildman–Crippen LogP) is 2.80. The van der Waals surface area contributed by atoms with E-state index in [9.17, 15) is 14.0 Å². The lowest BCUT2D eigenvalue weighted by molar-refractivity contribution is 0.0958. The molecule has 2 N–H and O–H groups in total. The minimum Gasteiger partial charge on any atom is -0.491 e. The number of hydrogen-bond acceptors (Lipinski definition) is 4. The van der Waals surface area contributed by atoms with E-state index in [0.717, 1.165) is 28.5 Å². The number of rotatable bonds is 8. The molecule has 6 heteroatoms. The molecule has 0 aliphatic carbocycles. The summed E-state index contributed by atoms with van der Waals surface area (Å²) in [6, 6.07) is 6.34. The van der Waals surface area contributed by atoms with Crippen molar-refractivity contribution < 1.29 is 18.7 Å². The molecular formula is C21H25FN2O3. The number of likely N-dealkylation sites (N-methyl/N-ethyl adjacent to an activating group) is 1. The largest absolute Gasteiger partial charge is 0.491 e. The molecule has 2 aromatic rings. The van der Waals surface area contributed by atoms with Gasteiger partial charge in [0.15, 0.2) is 6.29 Å². The lowest BCUT2D eigenvalue weighted by Crippen LogP contribution is -2.19. The molecule has 0 unspecified atom stereocenters. The van der Waals surface area contributed by atoms with E-state index in [1.54, 1.807) is 12.1 Å². The van der Waals surface area contributed by atoms with Gasteiger partial charge in [-0.15, -0.1) is 0 Å². The topological polar surface area (TPSA) is 67.4 Å². The summed E-state index contributed by atoms with van der Waals surface area (Å²) in [4.78, 5) is 23.2. The molecule has 144 valence electrons. The van der Waals surface area contributed by atoms with Gasteiger partial charge in [-0.25, -0.2) is 4.39 Å². The van der Waals surface area contributed by atoms with Crippen LogP contribution in [-0.4, -0.2) is 39.4 Å². The Balaban J connectivity index is 2.34. The highest BCUT2D eigenvalue weighted by Crippen LogP contribution is 2.30. The number of ether oxygens (including phenoxy) is 1. The van der Waals surface area contributed by atoms with Gasteiger partial charge in [0.25, 0.3) is 5.91 Å². The van der Waals surface area contributed by atoms with Crippen LogP contribution in [0.1, 0.15) is 43.0 Å².